The minimum absolute atomic E-state index is 0.0768. The summed E-state index contributed by atoms with van der Waals surface area (Å²) >= 11 is 0. The molecule has 3 rings (SSSR count). The van der Waals surface area contributed by atoms with Crippen LogP contribution in [0.5, 0.6) is 5.75 Å². The van der Waals surface area contributed by atoms with Gasteiger partial charge < -0.3 is 20.1 Å². The molecule has 0 aliphatic rings. The van der Waals surface area contributed by atoms with E-state index in [0.29, 0.717) is 11.1 Å². The van der Waals surface area contributed by atoms with Crippen molar-refractivity contribution in [2.75, 3.05) is 25.6 Å². The van der Waals surface area contributed by atoms with Gasteiger partial charge in [-0.15, -0.1) is 0 Å². The number of halogens is 3. The van der Waals surface area contributed by atoms with Crippen LogP contribution in [-0.4, -0.2) is 32.1 Å². The van der Waals surface area contributed by atoms with Gasteiger partial charge in [-0.05, 0) is 35.9 Å². The Bertz CT molecular complexity index is 1120. The van der Waals surface area contributed by atoms with Crippen molar-refractivity contribution >= 4 is 17.5 Å². The maximum absolute atomic E-state index is 13.3. The summed E-state index contributed by atoms with van der Waals surface area (Å²) in [5.41, 5.74) is 0.0408. The van der Waals surface area contributed by atoms with Crippen molar-refractivity contribution in [3.05, 3.63) is 95.6 Å². The highest BCUT2D eigenvalue weighted by atomic mass is 19.4. The highest BCUT2D eigenvalue weighted by molar-refractivity contribution is 5.96. The van der Waals surface area contributed by atoms with Crippen molar-refractivity contribution in [3.8, 4) is 5.75 Å². The summed E-state index contributed by atoms with van der Waals surface area (Å²) in [6.07, 6.45) is -4.81. The molecule has 0 heterocycles. The predicted octanol–water partition coefficient (Wildman–Crippen LogP) is 5.23. The van der Waals surface area contributed by atoms with Gasteiger partial charge in [0.2, 0.25) is 5.91 Å². The summed E-state index contributed by atoms with van der Waals surface area (Å²) in [5, 5.41) is 5.34. The molecule has 0 aliphatic carbocycles. The van der Waals surface area contributed by atoms with Crippen LogP contribution in [0.15, 0.2) is 78.9 Å². The highest BCUT2D eigenvalue weighted by Gasteiger charge is 2.31. The van der Waals surface area contributed by atoms with Gasteiger partial charge >= 0.3 is 6.18 Å². The average Bonchev–Trinajstić information content (AvgIpc) is 2.85. The fourth-order valence-corrected chi connectivity index (χ4v) is 3.32. The molecule has 0 radical (unpaired) electrons. The lowest BCUT2D eigenvalue weighted by Gasteiger charge is -2.20. The molecule has 1 atom stereocenters. The summed E-state index contributed by atoms with van der Waals surface area (Å²) in [6.45, 7) is 0.306. The minimum atomic E-state index is -4.60. The van der Waals surface area contributed by atoms with Gasteiger partial charge in [0, 0.05) is 12.7 Å². The molecule has 0 saturated carbocycles. The molecule has 184 valence electrons. The number of rotatable bonds is 10. The number of nitrogens with one attached hydrogen (secondary N) is 2. The van der Waals surface area contributed by atoms with Gasteiger partial charge in [0.25, 0.3) is 5.91 Å². The first kappa shape index (κ1) is 25.8. The molecule has 9 heteroatoms. The van der Waals surface area contributed by atoms with Crippen LogP contribution in [0.2, 0.25) is 0 Å². The molecular formula is C26H25F3N2O4. The Morgan fingerprint density at radius 2 is 1.57 bits per heavy atom. The third-order valence-corrected chi connectivity index (χ3v) is 5.06. The molecule has 0 aliphatic heterocycles. The smallest absolute Gasteiger partial charge is 0.416 e. The zero-order valence-electron chi connectivity index (χ0n) is 19.0. The first-order valence-corrected chi connectivity index (χ1v) is 10.8. The van der Waals surface area contributed by atoms with Crippen molar-refractivity contribution in [2.24, 2.45) is 0 Å². The van der Waals surface area contributed by atoms with E-state index in [2.05, 4.69) is 10.6 Å². The number of alkyl halides is 3. The van der Waals surface area contributed by atoms with Crippen LogP contribution in [-0.2, 0) is 15.7 Å². The van der Waals surface area contributed by atoms with Crippen LogP contribution in [0.25, 0.3) is 0 Å². The predicted molar refractivity (Wildman–Crippen MR) is 125 cm³/mol. The second kappa shape index (κ2) is 12.0. The SMILES string of the molecule is COCCOc1ccc(C(F)(F)F)cc1NC(=O)CC(NC(=O)c1ccccc1)c1ccccc1. The van der Waals surface area contributed by atoms with E-state index in [9.17, 15) is 22.8 Å². The first-order valence-electron chi connectivity index (χ1n) is 10.8. The number of hydrogen-bond acceptors (Lipinski definition) is 4. The summed E-state index contributed by atoms with van der Waals surface area (Å²) in [4.78, 5) is 25.7. The Morgan fingerprint density at radius 3 is 2.20 bits per heavy atom. The van der Waals surface area contributed by atoms with Crippen LogP contribution in [0, 0.1) is 0 Å². The summed E-state index contributed by atoms with van der Waals surface area (Å²) in [7, 11) is 1.46. The van der Waals surface area contributed by atoms with Gasteiger partial charge in [-0.3, -0.25) is 9.59 Å². The molecule has 6 nitrogen and oxygen atoms in total. The molecule has 3 aromatic rings. The van der Waals surface area contributed by atoms with Crippen molar-refractivity contribution in [3.63, 3.8) is 0 Å². The number of carbonyl (C=O) groups excluding carboxylic acids is 2. The molecular weight excluding hydrogens is 461 g/mol. The molecule has 0 fully saturated rings. The molecule has 1 unspecified atom stereocenters. The van der Waals surface area contributed by atoms with E-state index >= 15 is 0 Å². The average molecular weight is 486 g/mol. The van der Waals surface area contributed by atoms with E-state index in [1.807, 2.05) is 0 Å². The van der Waals surface area contributed by atoms with Gasteiger partial charge in [0.15, 0.2) is 0 Å². The monoisotopic (exact) mass is 486 g/mol. The lowest BCUT2D eigenvalue weighted by Crippen LogP contribution is -2.31. The molecule has 2 N–H and O–H groups in total. The minimum Gasteiger partial charge on any atom is -0.489 e. The Morgan fingerprint density at radius 1 is 0.914 bits per heavy atom. The van der Waals surface area contributed by atoms with E-state index in [-0.39, 0.29) is 37.0 Å². The molecule has 0 saturated heterocycles. The van der Waals surface area contributed by atoms with E-state index < -0.39 is 23.7 Å². The molecule has 0 spiro atoms. The zero-order chi connectivity index (χ0) is 25.3. The van der Waals surface area contributed by atoms with Crippen molar-refractivity contribution in [1.29, 1.82) is 0 Å². The number of benzene rings is 3. The standard InChI is InChI=1S/C26H25F3N2O4/c1-34-14-15-35-23-13-12-20(26(27,28)29)16-22(23)30-24(32)17-21(18-8-4-2-5-9-18)31-25(33)19-10-6-3-7-11-19/h2-13,16,21H,14-15,17H2,1H3,(H,30,32)(H,31,33). The number of methoxy groups -OCH3 is 1. The summed E-state index contributed by atoms with van der Waals surface area (Å²) in [6, 6.07) is 19.5. The summed E-state index contributed by atoms with van der Waals surface area (Å²) in [5.74, 6) is -0.897. The number of hydrogen-bond donors (Lipinski definition) is 2. The van der Waals surface area contributed by atoms with E-state index in [0.717, 1.165) is 18.2 Å². The van der Waals surface area contributed by atoms with Crippen LogP contribution >= 0.6 is 0 Å². The third kappa shape index (κ3) is 7.58. The second-order valence-electron chi connectivity index (χ2n) is 7.61. The van der Waals surface area contributed by atoms with Crippen molar-refractivity contribution in [1.82, 2.24) is 5.32 Å². The van der Waals surface area contributed by atoms with Crippen LogP contribution in [0.4, 0.5) is 18.9 Å². The number of amides is 2. The Hall–Kier alpha value is -3.85. The quantitative estimate of drug-likeness (QED) is 0.385. The largest absolute Gasteiger partial charge is 0.489 e. The number of ether oxygens (including phenoxy) is 2. The lowest BCUT2D eigenvalue weighted by atomic mass is 10.0. The van der Waals surface area contributed by atoms with Gasteiger partial charge in [0.1, 0.15) is 12.4 Å². The Kier molecular flexibility index (Phi) is 8.86. The fraction of sp³-hybridized carbons (Fsp3) is 0.231. The van der Waals surface area contributed by atoms with Crippen molar-refractivity contribution < 1.29 is 32.2 Å². The first-order chi connectivity index (χ1) is 16.8. The maximum Gasteiger partial charge on any atom is 0.416 e. The Labute approximate surface area is 201 Å². The molecule has 2 amide bonds. The number of anilines is 1. The van der Waals surface area contributed by atoms with Gasteiger partial charge in [-0.2, -0.15) is 13.2 Å². The second-order valence-corrected chi connectivity index (χ2v) is 7.61. The van der Waals surface area contributed by atoms with Crippen molar-refractivity contribution in [2.45, 2.75) is 18.6 Å². The van der Waals surface area contributed by atoms with E-state index in [1.54, 1.807) is 60.7 Å². The van der Waals surface area contributed by atoms with E-state index in [1.165, 1.54) is 7.11 Å². The Balaban J connectivity index is 1.81. The zero-order valence-corrected chi connectivity index (χ0v) is 19.0. The third-order valence-electron chi connectivity index (χ3n) is 5.06. The number of carbonyl (C=O) groups is 2. The van der Waals surface area contributed by atoms with Crippen LogP contribution in [0.1, 0.15) is 33.9 Å². The molecule has 35 heavy (non-hydrogen) atoms. The lowest BCUT2D eigenvalue weighted by molar-refractivity contribution is -0.137. The van der Waals surface area contributed by atoms with Gasteiger partial charge in [-0.1, -0.05) is 48.5 Å². The van der Waals surface area contributed by atoms with Gasteiger partial charge in [-0.25, -0.2) is 0 Å². The van der Waals surface area contributed by atoms with E-state index in [4.69, 9.17) is 9.47 Å². The maximum atomic E-state index is 13.3. The topological polar surface area (TPSA) is 76.7 Å². The molecule has 0 bridgehead atoms. The van der Waals surface area contributed by atoms with Crippen LogP contribution < -0.4 is 15.4 Å². The van der Waals surface area contributed by atoms with Crippen LogP contribution in [0.3, 0.4) is 0 Å². The normalized spacial score (nSPS) is 12.0. The fourth-order valence-electron chi connectivity index (χ4n) is 3.32. The highest BCUT2D eigenvalue weighted by Crippen LogP contribution is 2.35. The summed E-state index contributed by atoms with van der Waals surface area (Å²) < 4.78 is 50.2. The molecule has 3 aromatic carbocycles. The van der Waals surface area contributed by atoms with Gasteiger partial charge in [0.05, 0.1) is 30.3 Å². The molecule has 0 aromatic heterocycles.